The Hall–Kier alpha value is -0.940. The first-order valence-corrected chi connectivity index (χ1v) is 6.48. The molecule has 0 N–H and O–H groups in total. The number of halogens is 1. The third-order valence-electron chi connectivity index (χ3n) is 2.19. The van der Waals surface area contributed by atoms with Gasteiger partial charge >= 0.3 is 0 Å². The van der Waals surface area contributed by atoms with Crippen LogP contribution >= 0.6 is 22.9 Å². The minimum absolute atomic E-state index is 0.101. The molecule has 2 heterocycles. The largest absolute Gasteiger partial charge is 0.246 e. The van der Waals surface area contributed by atoms with Crippen molar-refractivity contribution in [1.82, 2.24) is 20.0 Å². The molecule has 16 heavy (non-hydrogen) atoms. The Balaban J connectivity index is 2.08. The molecule has 1 unspecified atom stereocenters. The first-order chi connectivity index (χ1) is 7.69. The van der Waals surface area contributed by atoms with E-state index in [0.29, 0.717) is 6.54 Å². The zero-order valence-electron chi connectivity index (χ0n) is 9.22. The lowest BCUT2D eigenvalue weighted by Crippen LogP contribution is -2.00. The Labute approximate surface area is 103 Å². The number of thiazole rings is 1. The number of aromatic nitrogens is 4. The highest BCUT2D eigenvalue weighted by Crippen LogP contribution is 2.16. The molecule has 2 aromatic rings. The molecule has 86 valence electrons. The number of hydrogen-bond donors (Lipinski definition) is 0. The maximum absolute atomic E-state index is 5.92. The van der Waals surface area contributed by atoms with Crippen LogP contribution in [0, 0.1) is 0 Å². The first kappa shape index (κ1) is 11.5. The molecule has 0 saturated heterocycles. The van der Waals surface area contributed by atoms with Crippen molar-refractivity contribution in [3.05, 3.63) is 28.0 Å². The maximum Gasteiger partial charge on any atom is 0.100 e. The standard InChI is InChI=1S/C10H13ClN4S/c1-3-10-12-8(6-16-10)4-15-5-9(7(2)11)13-14-15/h5-7H,3-4H2,1-2H3. The van der Waals surface area contributed by atoms with E-state index in [1.807, 2.05) is 13.1 Å². The van der Waals surface area contributed by atoms with E-state index >= 15 is 0 Å². The normalized spacial score (nSPS) is 12.9. The highest BCUT2D eigenvalue weighted by atomic mass is 35.5. The summed E-state index contributed by atoms with van der Waals surface area (Å²) in [5.41, 5.74) is 1.83. The molecule has 0 aliphatic carbocycles. The van der Waals surface area contributed by atoms with Gasteiger partial charge in [-0.1, -0.05) is 12.1 Å². The number of rotatable bonds is 4. The van der Waals surface area contributed by atoms with Gasteiger partial charge in [-0.25, -0.2) is 9.67 Å². The summed E-state index contributed by atoms with van der Waals surface area (Å²) < 4.78 is 1.77. The van der Waals surface area contributed by atoms with Gasteiger partial charge in [0.2, 0.25) is 0 Å². The van der Waals surface area contributed by atoms with Crippen molar-refractivity contribution in [3.8, 4) is 0 Å². The molecule has 2 rings (SSSR count). The minimum Gasteiger partial charge on any atom is -0.246 e. The van der Waals surface area contributed by atoms with Crippen LogP contribution < -0.4 is 0 Å². The predicted molar refractivity (Wildman–Crippen MR) is 64.9 cm³/mol. The second-order valence-corrected chi connectivity index (χ2v) is 5.14. The van der Waals surface area contributed by atoms with Crippen molar-refractivity contribution in [2.45, 2.75) is 32.2 Å². The summed E-state index contributed by atoms with van der Waals surface area (Å²) in [6.07, 6.45) is 2.84. The lowest BCUT2D eigenvalue weighted by atomic mass is 10.4. The fourth-order valence-corrected chi connectivity index (χ4v) is 2.16. The van der Waals surface area contributed by atoms with E-state index in [4.69, 9.17) is 11.6 Å². The van der Waals surface area contributed by atoms with Crippen molar-refractivity contribution in [2.75, 3.05) is 0 Å². The quantitative estimate of drug-likeness (QED) is 0.790. The van der Waals surface area contributed by atoms with Crippen LogP contribution in [0.2, 0.25) is 0 Å². The summed E-state index contributed by atoms with van der Waals surface area (Å²) in [7, 11) is 0. The monoisotopic (exact) mass is 256 g/mol. The highest BCUT2D eigenvalue weighted by Gasteiger charge is 2.08. The Morgan fingerprint density at radius 1 is 1.56 bits per heavy atom. The fourth-order valence-electron chi connectivity index (χ4n) is 1.32. The van der Waals surface area contributed by atoms with E-state index < -0.39 is 0 Å². The Morgan fingerprint density at radius 3 is 2.94 bits per heavy atom. The molecule has 0 saturated carbocycles. The molecule has 0 aliphatic rings. The average molecular weight is 257 g/mol. The molecule has 6 heteroatoms. The first-order valence-electron chi connectivity index (χ1n) is 5.16. The van der Waals surface area contributed by atoms with Crippen LogP contribution in [0.3, 0.4) is 0 Å². The van der Waals surface area contributed by atoms with Crippen LogP contribution in [0.4, 0.5) is 0 Å². The van der Waals surface area contributed by atoms with E-state index in [2.05, 4.69) is 27.6 Å². The molecule has 0 bridgehead atoms. The number of hydrogen-bond acceptors (Lipinski definition) is 4. The van der Waals surface area contributed by atoms with E-state index in [1.54, 1.807) is 16.0 Å². The van der Waals surface area contributed by atoms with Gasteiger partial charge in [-0.15, -0.1) is 28.0 Å². The van der Waals surface area contributed by atoms with Gasteiger partial charge in [0.1, 0.15) is 5.69 Å². The smallest absolute Gasteiger partial charge is 0.100 e. The van der Waals surface area contributed by atoms with Crippen molar-refractivity contribution >= 4 is 22.9 Å². The summed E-state index contributed by atoms with van der Waals surface area (Å²) in [6.45, 7) is 4.65. The van der Waals surface area contributed by atoms with E-state index in [1.165, 1.54) is 0 Å². The van der Waals surface area contributed by atoms with Crippen molar-refractivity contribution in [3.63, 3.8) is 0 Å². The lowest BCUT2D eigenvalue weighted by Gasteiger charge is -1.95. The molecular formula is C10H13ClN4S. The minimum atomic E-state index is -0.101. The Morgan fingerprint density at radius 2 is 2.38 bits per heavy atom. The van der Waals surface area contributed by atoms with E-state index in [0.717, 1.165) is 22.8 Å². The summed E-state index contributed by atoms with van der Waals surface area (Å²) >= 11 is 7.60. The van der Waals surface area contributed by atoms with Gasteiger partial charge in [-0.05, 0) is 13.3 Å². The maximum atomic E-state index is 5.92. The Kier molecular flexibility index (Phi) is 3.56. The molecular weight excluding hydrogens is 244 g/mol. The molecule has 0 radical (unpaired) electrons. The van der Waals surface area contributed by atoms with Gasteiger partial charge in [-0.3, -0.25) is 0 Å². The summed E-state index contributed by atoms with van der Waals surface area (Å²) in [6, 6.07) is 0. The zero-order valence-corrected chi connectivity index (χ0v) is 10.8. The third-order valence-corrected chi connectivity index (χ3v) is 3.46. The summed E-state index contributed by atoms with van der Waals surface area (Å²) in [4.78, 5) is 4.48. The highest BCUT2D eigenvalue weighted by molar-refractivity contribution is 7.09. The summed E-state index contributed by atoms with van der Waals surface area (Å²) in [5.74, 6) is 0. The van der Waals surface area contributed by atoms with Crippen molar-refractivity contribution in [1.29, 1.82) is 0 Å². The second kappa shape index (κ2) is 4.93. The predicted octanol–water partition coefficient (Wildman–Crippen LogP) is 2.65. The fraction of sp³-hybridized carbons (Fsp3) is 0.500. The van der Waals surface area contributed by atoms with Crippen molar-refractivity contribution in [2.24, 2.45) is 0 Å². The van der Waals surface area contributed by atoms with Crippen molar-refractivity contribution < 1.29 is 0 Å². The number of aryl methyl sites for hydroxylation is 1. The van der Waals surface area contributed by atoms with Gasteiger partial charge in [0.25, 0.3) is 0 Å². The molecule has 2 aromatic heterocycles. The molecule has 4 nitrogen and oxygen atoms in total. The average Bonchev–Trinajstić information content (AvgIpc) is 2.87. The van der Waals surface area contributed by atoms with Gasteiger partial charge in [0.05, 0.1) is 28.8 Å². The zero-order chi connectivity index (χ0) is 11.5. The molecule has 0 fully saturated rings. The second-order valence-electron chi connectivity index (χ2n) is 3.54. The third kappa shape index (κ3) is 2.59. The van der Waals surface area contributed by atoms with Gasteiger partial charge in [-0.2, -0.15) is 0 Å². The van der Waals surface area contributed by atoms with Gasteiger partial charge in [0.15, 0.2) is 0 Å². The van der Waals surface area contributed by atoms with Gasteiger partial charge < -0.3 is 0 Å². The van der Waals surface area contributed by atoms with Crippen LogP contribution in [0.15, 0.2) is 11.6 Å². The molecule has 0 spiro atoms. The number of alkyl halides is 1. The Bertz CT molecular complexity index is 463. The van der Waals surface area contributed by atoms with Crippen LogP contribution in [-0.4, -0.2) is 20.0 Å². The van der Waals surface area contributed by atoms with Crippen LogP contribution in [0.1, 0.15) is 35.6 Å². The molecule has 0 aliphatic heterocycles. The SMILES string of the molecule is CCc1nc(Cn2cc(C(C)Cl)nn2)cs1. The lowest BCUT2D eigenvalue weighted by molar-refractivity contribution is 0.639. The molecule has 1 atom stereocenters. The molecule has 0 aromatic carbocycles. The van der Waals surface area contributed by atoms with E-state index in [-0.39, 0.29) is 5.38 Å². The van der Waals surface area contributed by atoms with Crippen LogP contribution in [-0.2, 0) is 13.0 Å². The van der Waals surface area contributed by atoms with Crippen LogP contribution in [0.5, 0.6) is 0 Å². The molecule has 0 amide bonds. The van der Waals surface area contributed by atoms with E-state index in [9.17, 15) is 0 Å². The number of nitrogens with zero attached hydrogens (tertiary/aromatic N) is 4. The summed E-state index contributed by atoms with van der Waals surface area (Å²) in [5, 5.41) is 11.1. The van der Waals surface area contributed by atoms with Gasteiger partial charge in [0, 0.05) is 5.38 Å². The van der Waals surface area contributed by atoms with Crippen LogP contribution in [0.25, 0.3) is 0 Å². The topological polar surface area (TPSA) is 43.6 Å².